The van der Waals surface area contributed by atoms with Crippen LogP contribution in [0.4, 0.5) is 18.0 Å². The second kappa shape index (κ2) is 8.09. The Kier molecular flexibility index (Phi) is 5.85. The molecule has 3 rings (SSSR count). The van der Waals surface area contributed by atoms with Crippen LogP contribution in [-0.2, 0) is 10.9 Å². The summed E-state index contributed by atoms with van der Waals surface area (Å²) in [6, 6.07) is 11.2. The minimum Gasteiger partial charge on any atom is -0.506 e. The molecule has 0 bridgehead atoms. The number of phenols is 1. The first-order chi connectivity index (χ1) is 14.4. The number of nitrogens with two attached hydrogens (primary N) is 1. The maximum Gasteiger partial charge on any atom is 0.416 e. The van der Waals surface area contributed by atoms with Crippen molar-refractivity contribution in [1.29, 1.82) is 0 Å². The van der Waals surface area contributed by atoms with Gasteiger partial charge in [0.15, 0.2) is 0 Å². The number of amides is 1. The first-order valence-corrected chi connectivity index (χ1v) is 9.59. The molecular formula is C23H23F3N2O3. The normalized spacial score (nSPS) is 14.3. The fourth-order valence-electron chi connectivity index (χ4n) is 3.88. The van der Waals surface area contributed by atoms with Gasteiger partial charge in [-0.25, -0.2) is 4.79 Å². The van der Waals surface area contributed by atoms with E-state index in [2.05, 4.69) is 4.98 Å². The molecule has 2 aromatic carbocycles. The maximum absolute atomic E-state index is 13.3. The monoisotopic (exact) mass is 432 g/mol. The molecule has 0 saturated carbocycles. The van der Waals surface area contributed by atoms with Gasteiger partial charge in [-0.1, -0.05) is 45.0 Å². The molecule has 0 aliphatic carbocycles. The summed E-state index contributed by atoms with van der Waals surface area (Å²) in [7, 11) is 0. The van der Waals surface area contributed by atoms with E-state index in [1.165, 1.54) is 24.4 Å². The summed E-state index contributed by atoms with van der Waals surface area (Å²) in [6.45, 7) is 5.66. The van der Waals surface area contributed by atoms with Crippen molar-refractivity contribution < 1.29 is 27.8 Å². The zero-order valence-corrected chi connectivity index (χ0v) is 17.3. The summed E-state index contributed by atoms with van der Waals surface area (Å²) in [4.78, 5) is 16.0. The molecule has 164 valence electrons. The van der Waals surface area contributed by atoms with Gasteiger partial charge in [0.2, 0.25) is 0 Å². The van der Waals surface area contributed by atoms with Crippen LogP contribution in [0.2, 0.25) is 0 Å². The number of carbonyl (C=O) groups excluding carboxylic acids is 1. The third kappa shape index (κ3) is 4.73. The first-order valence-electron chi connectivity index (χ1n) is 9.59. The lowest BCUT2D eigenvalue weighted by atomic mass is 9.70. The Bertz CT molecular complexity index is 1110. The number of rotatable bonds is 4. The number of hydrogen-bond donors (Lipinski definition) is 2. The predicted molar refractivity (Wildman–Crippen MR) is 110 cm³/mol. The standard InChI is InChI=1S/C23H23F3N2O3/c1-22(2,3)18(15-9-10-17(29)19-16(15)8-5-11-28-19)20(31-21(27)30)13-6-4-7-14(12-13)23(24,25)26/h4-12,18,20,29H,1-3H3,(H2,27,30). The number of fused-ring (bicyclic) bond motifs is 1. The van der Waals surface area contributed by atoms with Gasteiger partial charge >= 0.3 is 12.3 Å². The molecule has 0 spiro atoms. The molecule has 8 heteroatoms. The Morgan fingerprint density at radius 3 is 2.42 bits per heavy atom. The number of aromatic nitrogens is 1. The molecule has 2 atom stereocenters. The van der Waals surface area contributed by atoms with Crippen LogP contribution >= 0.6 is 0 Å². The highest BCUT2D eigenvalue weighted by molar-refractivity contribution is 5.87. The number of halogens is 3. The zero-order valence-electron chi connectivity index (χ0n) is 17.3. The minimum atomic E-state index is -4.56. The molecule has 0 aliphatic rings. The molecular weight excluding hydrogens is 409 g/mol. The van der Waals surface area contributed by atoms with Crippen molar-refractivity contribution in [2.45, 2.75) is 39.0 Å². The van der Waals surface area contributed by atoms with Gasteiger partial charge < -0.3 is 15.6 Å². The van der Waals surface area contributed by atoms with E-state index >= 15 is 0 Å². The summed E-state index contributed by atoms with van der Waals surface area (Å²) in [5.41, 5.74) is 5.06. The fraction of sp³-hybridized carbons (Fsp3) is 0.304. The van der Waals surface area contributed by atoms with Crippen molar-refractivity contribution >= 4 is 17.0 Å². The number of phenolic OH excluding ortho intramolecular Hbond substituents is 1. The van der Waals surface area contributed by atoms with Gasteiger partial charge in [-0.3, -0.25) is 4.98 Å². The van der Waals surface area contributed by atoms with Crippen LogP contribution in [0, 0.1) is 5.41 Å². The highest BCUT2D eigenvalue weighted by Gasteiger charge is 2.39. The number of benzene rings is 2. The van der Waals surface area contributed by atoms with E-state index in [1.54, 1.807) is 18.2 Å². The summed E-state index contributed by atoms with van der Waals surface area (Å²) in [5, 5.41) is 10.8. The minimum absolute atomic E-state index is 0.0292. The number of primary amides is 1. The van der Waals surface area contributed by atoms with Crippen molar-refractivity contribution in [2.75, 3.05) is 0 Å². The lowest BCUT2D eigenvalue weighted by Gasteiger charge is -2.37. The highest BCUT2D eigenvalue weighted by atomic mass is 19.4. The van der Waals surface area contributed by atoms with Crippen LogP contribution in [0.3, 0.4) is 0 Å². The quantitative estimate of drug-likeness (QED) is 0.535. The summed E-state index contributed by atoms with van der Waals surface area (Å²) in [5.74, 6) is -0.630. The van der Waals surface area contributed by atoms with E-state index in [-0.39, 0.29) is 11.3 Å². The number of aromatic hydroxyl groups is 1. The molecule has 1 heterocycles. The highest BCUT2D eigenvalue weighted by Crippen LogP contribution is 2.49. The third-order valence-corrected chi connectivity index (χ3v) is 5.14. The number of alkyl halides is 3. The Labute approximate surface area is 177 Å². The lowest BCUT2D eigenvalue weighted by molar-refractivity contribution is -0.137. The Morgan fingerprint density at radius 2 is 1.81 bits per heavy atom. The number of nitrogens with zero attached hydrogens (tertiary/aromatic N) is 1. The van der Waals surface area contributed by atoms with Crippen molar-refractivity contribution in [3.63, 3.8) is 0 Å². The van der Waals surface area contributed by atoms with Crippen LogP contribution in [0.5, 0.6) is 5.75 Å². The first kappa shape index (κ1) is 22.4. The number of pyridine rings is 1. The second-order valence-corrected chi connectivity index (χ2v) is 8.40. The van der Waals surface area contributed by atoms with Crippen LogP contribution in [0.15, 0.2) is 54.7 Å². The number of carbonyl (C=O) groups is 1. The number of ether oxygens (including phenoxy) is 1. The molecule has 3 N–H and O–H groups in total. The predicted octanol–water partition coefficient (Wildman–Crippen LogP) is 5.93. The Balaban J connectivity index is 2.27. The average molecular weight is 432 g/mol. The summed E-state index contributed by atoms with van der Waals surface area (Å²) in [6.07, 6.45) is -5.23. The van der Waals surface area contributed by atoms with Gasteiger partial charge in [-0.15, -0.1) is 0 Å². The maximum atomic E-state index is 13.3. The topological polar surface area (TPSA) is 85.4 Å². The zero-order chi connectivity index (χ0) is 23.0. The Hall–Kier alpha value is -3.29. The summed E-state index contributed by atoms with van der Waals surface area (Å²) >= 11 is 0. The Morgan fingerprint density at radius 1 is 1.10 bits per heavy atom. The van der Waals surface area contributed by atoms with E-state index in [1.807, 2.05) is 20.8 Å². The molecule has 0 aliphatic heterocycles. The van der Waals surface area contributed by atoms with Crippen molar-refractivity contribution in [3.05, 3.63) is 71.4 Å². The number of hydrogen-bond acceptors (Lipinski definition) is 4. The van der Waals surface area contributed by atoms with Crippen molar-refractivity contribution in [3.8, 4) is 5.75 Å². The van der Waals surface area contributed by atoms with Crippen molar-refractivity contribution in [1.82, 2.24) is 4.98 Å². The van der Waals surface area contributed by atoms with E-state index in [0.717, 1.165) is 12.1 Å². The van der Waals surface area contributed by atoms with Gasteiger partial charge in [0.05, 0.1) is 5.56 Å². The second-order valence-electron chi connectivity index (χ2n) is 8.40. The smallest absolute Gasteiger partial charge is 0.416 e. The average Bonchev–Trinajstić information content (AvgIpc) is 2.67. The largest absolute Gasteiger partial charge is 0.506 e. The third-order valence-electron chi connectivity index (χ3n) is 5.14. The van der Waals surface area contributed by atoms with Crippen LogP contribution < -0.4 is 5.73 Å². The van der Waals surface area contributed by atoms with Gasteiger partial charge in [0, 0.05) is 17.5 Å². The molecule has 0 fully saturated rings. The van der Waals surface area contributed by atoms with Crippen LogP contribution in [0.25, 0.3) is 10.9 Å². The van der Waals surface area contributed by atoms with Gasteiger partial charge in [0.25, 0.3) is 0 Å². The molecule has 3 aromatic rings. The SMILES string of the molecule is CC(C)(C)C(c1ccc(O)c2ncccc12)C(OC(N)=O)c1cccc(C(F)(F)F)c1. The van der Waals surface area contributed by atoms with Gasteiger partial charge in [-0.05, 0) is 40.8 Å². The fourth-order valence-corrected chi connectivity index (χ4v) is 3.88. The molecule has 1 aromatic heterocycles. The summed E-state index contributed by atoms with van der Waals surface area (Å²) < 4.78 is 45.4. The lowest BCUT2D eigenvalue weighted by Crippen LogP contribution is -2.30. The van der Waals surface area contributed by atoms with E-state index in [9.17, 15) is 23.1 Å². The van der Waals surface area contributed by atoms with Gasteiger partial charge in [-0.2, -0.15) is 13.2 Å². The molecule has 0 radical (unpaired) electrons. The molecule has 5 nitrogen and oxygen atoms in total. The van der Waals surface area contributed by atoms with E-state index in [4.69, 9.17) is 10.5 Å². The molecule has 0 saturated heterocycles. The van der Waals surface area contributed by atoms with Crippen LogP contribution in [-0.4, -0.2) is 16.2 Å². The van der Waals surface area contributed by atoms with E-state index < -0.39 is 35.3 Å². The van der Waals surface area contributed by atoms with Crippen molar-refractivity contribution in [2.24, 2.45) is 11.1 Å². The molecule has 31 heavy (non-hydrogen) atoms. The molecule has 2 unspecified atom stereocenters. The van der Waals surface area contributed by atoms with Gasteiger partial charge in [0.1, 0.15) is 17.4 Å². The molecule has 1 amide bonds. The van der Waals surface area contributed by atoms with Crippen LogP contribution in [0.1, 0.15) is 49.5 Å². The van der Waals surface area contributed by atoms with E-state index in [0.29, 0.717) is 16.5 Å².